The van der Waals surface area contributed by atoms with E-state index in [1.54, 1.807) is 6.92 Å². The number of hydrogen-bond donors (Lipinski definition) is 0. The lowest BCUT2D eigenvalue weighted by Crippen LogP contribution is -2.33. The van der Waals surface area contributed by atoms with Gasteiger partial charge in [-0.25, -0.2) is 4.79 Å². The monoisotopic (exact) mass is 400 g/mol. The van der Waals surface area contributed by atoms with Crippen LogP contribution in [0.1, 0.15) is 82.1 Å². The molecule has 0 aromatic rings. The van der Waals surface area contributed by atoms with Crippen LogP contribution < -0.4 is 0 Å². The molecular formula is C22H40O6. The van der Waals surface area contributed by atoms with Crippen LogP contribution in [0.3, 0.4) is 0 Å². The molecule has 0 amide bonds. The first kappa shape index (κ1) is 28.4. The minimum Gasteiger partial charge on any atom is -0.462 e. The smallest absolute Gasteiger partial charge is 0.333 e. The molecule has 0 saturated carbocycles. The quantitative estimate of drug-likeness (QED) is 0.251. The molecule has 28 heavy (non-hydrogen) atoms. The Morgan fingerprint density at radius 3 is 1.50 bits per heavy atom. The van der Waals surface area contributed by atoms with E-state index in [-0.39, 0.29) is 36.2 Å². The highest BCUT2D eigenvalue weighted by atomic mass is 16.6. The lowest BCUT2D eigenvalue weighted by Gasteiger charge is -2.27. The summed E-state index contributed by atoms with van der Waals surface area (Å²) in [5, 5.41) is 0. The van der Waals surface area contributed by atoms with E-state index in [0.29, 0.717) is 12.0 Å². The third-order valence-corrected chi connectivity index (χ3v) is 4.17. The van der Waals surface area contributed by atoms with Gasteiger partial charge in [0, 0.05) is 5.57 Å². The first-order valence-electron chi connectivity index (χ1n) is 9.73. The van der Waals surface area contributed by atoms with E-state index in [9.17, 15) is 14.4 Å². The summed E-state index contributed by atoms with van der Waals surface area (Å²) in [6.07, 6.45) is 1.51. The van der Waals surface area contributed by atoms with Crippen LogP contribution in [0.15, 0.2) is 12.2 Å². The van der Waals surface area contributed by atoms with Gasteiger partial charge in [0.2, 0.25) is 0 Å². The van der Waals surface area contributed by atoms with Crippen molar-refractivity contribution in [3.63, 3.8) is 0 Å². The molecule has 0 aliphatic rings. The van der Waals surface area contributed by atoms with Crippen LogP contribution in [0, 0.1) is 10.8 Å². The van der Waals surface area contributed by atoms with E-state index in [2.05, 4.69) is 6.58 Å². The van der Waals surface area contributed by atoms with Crippen molar-refractivity contribution in [1.29, 1.82) is 0 Å². The average molecular weight is 401 g/mol. The number of carbonyl (C=O) groups is 3. The molecule has 6 heteroatoms. The molecule has 0 atom stereocenters. The Hall–Kier alpha value is -1.85. The van der Waals surface area contributed by atoms with E-state index in [0.717, 1.165) is 6.42 Å². The van der Waals surface area contributed by atoms with Gasteiger partial charge in [0.1, 0.15) is 18.8 Å². The highest BCUT2D eigenvalue weighted by Gasteiger charge is 2.30. The maximum Gasteiger partial charge on any atom is 0.333 e. The summed E-state index contributed by atoms with van der Waals surface area (Å²) in [4.78, 5) is 34.0. The predicted octanol–water partition coefficient (Wildman–Crippen LogP) is 4.85. The van der Waals surface area contributed by atoms with Crippen molar-refractivity contribution in [3.8, 4) is 0 Å². The van der Waals surface area contributed by atoms with Crippen LogP contribution in [0.2, 0.25) is 0 Å². The molecule has 0 aliphatic heterocycles. The van der Waals surface area contributed by atoms with Gasteiger partial charge in [-0.05, 0) is 68.2 Å². The molecule has 0 aromatic carbocycles. The fourth-order valence-electron chi connectivity index (χ4n) is 1.29. The summed E-state index contributed by atoms with van der Waals surface area (Å²) in [5.74, 6) is -0.857. The molecule has 0 unspecified atom stereocenters. The fourth-order valence-corrected chi connectivity index (χ4v) is 1.29. The van der Waals surface area contributed by atoms with E-state index >= 15 is 0 Å². The van der Waals surface area contributed by atoms with E-state index in [1.807, 2.05) is 62.3 Å². The summed E-state index contributed by atoms with van der Waals surface area (Å²) in [6.45, 7) is 22.2. The third-order valence-electron chi connectivity index (χ3n) is 4.17. The second-order valence-corrected chi connectivity index (χ2v) is 9.03. The van der Waals surface area contributed by atoms with Crippen molar-refractivity contribution in [1.82, 2.24) is 0 Å². The molecule has 0 radical (unpaired) electrons. The standard InChI is InChI=1S/C12H20O4.C10H20O2/c1-6-12(4,5)11(14)16-8-7-15-10(13)9(2)3;1-7-10(5,6)8(11)12-9(2,3)4/h2,6-8H2,1,3-5H3;7H2,1-6H3. The zero-order chi connectivity index (χ0) is 22.8. The molecular weight excluding hydrogens is 360 g/mol. The first-order valence-corrected chi connectivity index (χ1v) is 9.73. The Kier molecular flexibility index (Phi) is 12.0. The lowest BCUT2D eigenvalue weighted by molar-refractivity contribution is -0.165. The van der Waals surface area contributed by atoms with E-state index in [4.69, 9.17) is 14.2 Å². The topological polar surface area (TPSA) is 78.9 Å². The summed E-state index contributed by atoms with van der Waals surface area (Å²) in [6, 6.07) is 0. The van der Waals surface area contributed by atoms with Gasteiger partial charge in [-0.15, -0.1) is 0 Å². The second-order valence-electron chi connectivity index (χ2n) is 9.03. The maximum atomic E-state index is 11.5. The van der Waals surface area contributed by atoms with Crippen LogP contribution >= 0.6 is 0 Å². The van der Waals surface area contributed by atoms with Gasteiger partial charge < -0.3 is 14.2 Å². The van der Waals surface area contributed by atoms with Gasteiger partial charge in [0.25, 0.3) is 0 Å². The number of rotatable bonds is 8. The van der Waals surface area contributed by atoms with Crippen LogP contribution in [0.5, 0.6) is 0 Å². The molecule has 0 aliphatic carbocycles. The van der Waals surface area contributed by atoms with Gasteiger partial charge in [-0.2, -0.15) is 0 Å². The molecule has 0 spiro atoms. The summed E-state index contributed by atoms with van der Waals surface area (Å²) < 4.78 is 15.0. The first-order chi connectivity index (χ1) is 12.5. The zero-order valence-electron chi connectivity index (χ0n) is 19.5. The summed E-state index contributed by atoms with van der Waals surface area (Å²) in [5.41, 5.74) is -0.880. The largest absolute Gasteiger partial charge is 0.462 e. The number of carbonyl (C=O) groups excluding carboxylic acids is 3. The Bertz CT molecular complexity index is 538. The minimum atomic E-state index is -0.488. The molecule has 0 aromatic heterocycles. The minimum absolute atomic E-state index is 0.0667. The normalized spacial score (nSPS) is 11.6. The van der Waals surface area contributed by atoms with Crippen molar-refractivity contribution < 1.29 is 28.6 Å². The Morgan fingerprint density at radius 1 is 0.750 bits per heavy atom. The highest BCUT2D eigenvalue weighted by molar-refractivity contribution is 5.86. The zero-order valence-corrected chi connectivity index (χ0v) is 19.5. The molecule has 0 rings (SSSR count). The van der Waals surface area contributed by atoms with Gasteiger partial charge in [-0.1, -0.05) is 20.4 Å². The molecule has 0 heterocycles. The molecule has 0 saturated heterocycles. The van der Waals surface area contributed by atoms with Gasteiger partial charge in [0.15, 0.2) is 0 Å². The molecule has 164 valence electrons. The molecule has 0 fully saturated rings. The van der Waals surface area contributed by atoms with Gasteiger partial charge in [-0.3, -0.25) is 9.59 Å². The van der Waals surface area contributed by atoms with Crippen molar-refractivity contribution >= 4 is 17.9 Å². The summed E-state index contributed by atoms with van der Waals surface area (Å²) >= 11 is 0. The molecule has 6 nitrogen and oxygen atoms in total. The number of ether oxygens (including phenoxy) is 3. The van der Waals surface area contributed by atoms with Crippen molar-refractivity contribution in [2.75, 3.05) is 13.2 Å². The predicted molar refractivity (Wildman–Crippen MR) is 111 cm³/mol. The van der Waals surface area contributed by atoms with Crippen molar-refractivity contribution in [2.45, 2.75) is 87.7 Å². The fraction of sp³-hybridized carbons (Fsp3) is 0.773. The molecule has 0 N–H and O–H groups in total. The lowest BCUT2D eigenvalue weighted by atomic mass is 9.90. The van der Waals surface area contributed by atoms with Gasteiger partial charge >= 0.3 is 17.9 Å². The Balaban J connectivity index is 0. The third kappa shape index (κ3) is 12.5. The van der Waals surface area contributed by atoms with Crippen LogP contribution in [0.4, 0.5) is 0 Å². The second kappa shape index (κ2) is 11.9. The average Bonchev–Trinajstić information content (AvgIpc) is 2.56. The van der Waals surface area contributed by atoms with Crippen LogP contribution in [-0.4, -0.2) is 36.7 Å². The van der Waals surface area contributed by atoms with Crippen molar-refractivity contribution in [2.24, 2.45) is 10.8 Å². The Morgan fingerprint density at radius 2 is 1.14 bits per heavy atom. The molecule has 0 bridgehead atoms. The highest BCUT2D eigenvalue weighted by Crippen LogP contribution is 2.24. The van der Waals surface area contributed by atoms with Crippen LogP contribution in [0.25, 0.3) is 0 Å². The summed E-state index contributed by atoms with van der Waals surface area (Å²) in [7, 11) is 0. The number of hydrogen-bond acceptors (Lipinski definition) is 6. The maximum absolute atomic E-state index is 11.5. The van der Waals surface area contributed by atoms with Gasteiger partial charge in [0.05, 0.1) is 10.8 Å². The Labute approximate surface area is 171 Å². The van der Waals surface area contributed by atoms with E-state index in [1.165, 1.54) is 0 Å². The van der Waals surface area contributed by atoms with Crippen molar-refractivity contribution in [3.05, 3.63) is 12.2 Å². The van der Waals surface area contributed by atoms with E-state index < -0.39 is 11.4 Å². The SMILES string of the molecule is C=C(C)C(=O)OCCOC(=O)C(C)(C)CC.CCC(C)(C)C(=O)OC(C)(C)C. The number of esters is 3. The van der Waals surface area contributed by atoms with Crippen LogP contribution in [-0.2, 0) is 28.6 Å².